The second kappa shape index (κ2) is 12.9. The summed E-state index contributed by atoms with van der Waals surface area (Å²) in [6.45, 7) is 2.29. The molecular formula is C26H32Cl2N2O4. The van der Waals surface area contributed by atoms with Gasteiger partial charge in [-0.2, -0.15) is 0 Å². The Morgan fingerprint density at radius 1 is 1.06 bits per heavy atom. The third-order valence-electron chi connectivity index (χ3n) is 6.12. The first-order chi connectivity index (χ1) is 16.4. The summed E-state index contributed by atoms with van der Waals surface area (Å²) in [6.07, 6.45) is 4.93. The zero-order chi connectivity index (χ0) is 24.5. The van der Waals surface area contributed by atoms with E-state index in [2.05, 4.69) is 5.32 Å². The molecule has 1 saturated carbocycles. The quantitative estimate of drug-likeness (QED) is 0.400. The van der Waals surface area contributed by atoms with Crippen LogP contribution in [0.2, 0.25) is 10.0 Å². The molecule has 2 amide bonds. The smallest absolute Gasteiger partial charge is 0.242 e. The zero-order valence-electron chi connectivity index (χ0n) is 19.7. The molecule has 2 aromatic rings. The van der Waals surface area contributed by atoms with Crippen LogP contribution in [0.3, 0.4) is 0 Å². The second-order valence-corrected chi connectivity index (χ2v) is 9.33. The monoisotopic (exact) mass is 506 g/mol. The fourth-order valence-corrected chi connectivity index (χ4v) is 4.57. The van der Waals surface area contributed by atoms with Crippen LogP contribution < -0.4 is 14.8 Å². The minimum Gasteiger partial charge on any atom is -0.497 e. The average Bonchev–Trinajstić information content (AvgIpc) is 3.34. The van der Waals surface area contributed by atoms with Crippen LogP contribution in [-0.4, -0.2) is 42.5 Å². The number of halogens is 2. The zero-order valence-corrected chi connectivity index (χ0v) is 21.2. The minimum atomic E-state index is -0.650. The SMILES string of the molecule is COc1ccc(OCCCC(=O)N(Cc2c(Cl)cccc2Cl)[C@@H](C)C(=O)NC2CCCC2)cc1. The summed E-state index contributed by atoms with van der Waals surface area (Å²) in [5.74, 6) is 1.15. The number of benzene rings is 2. The van der Waals surface area contributed by atoms with Crippen LogP contribution in [0, 0.1) is 0 Å². The Labute approximate surface area is 211 Å². The summed E-state index contributed by atoms with van der Waals surface area (Å²) >= 11 is 12.7. The van der Waals surface area contributed by atoms with Crippen molar-refractivity contribution < 1.29 is 19.1 Å². The second-order valence-electron chi connectivity index (χ2n) is 8.52. The molecule has 0 spiro atoms. The molecule has 0 bridgehead atoms. The van der Waals surface area contributed by atoms with Crippen molar-refractivity contribution in [1.82, 2.24) is 10.2 Å². The lowest BCUT2D eigenvalue weighted by atomic mass is 10.1. The van der Waals surface area contributed by atoms with Gasteiger partial charge >= 0.3 is 0 Å². The summed E-state index contributed by atoms with van der Waals surface area (Å²) in [5, 5.41) is 4.03. The Bertz CT molecular complexity index is 942. The van der Waals surface area contributed by atoms with Gasteiger partial charge < -0.3 is 19.7 Å². The molecule has 6 nitrogen and oxygen atoms in total. The van der Waals surface area contributed by atoms with Crippen molar-refractivity contribution in [2.75, 3.05) is 13.7 Å². The van der Waals surface area contributed by atoms with Crippen LogP contribution in [0.25, 0.3) is 0 Å². The Hall–Kier alpha value is -2.44. The van der Waals surface area contributed by atoms with Gasteiger partial charge in [0.2, 0.25) is 11.8 Å². The molecule has 0 radical (unpaired) electrons. The summed E-state index contributed by atoms with van der Waals surface area (Å²) in [5.41, 5.74) is 0.634. The van der Waals surface area contributed by atoms with Crippen LogP contribution >= 0.6 is 23.2 Å². The highest BCUT2D eigenvalue weighted by Gasteiger charge is 2.29. The van der Waals surface area contributed by atoms with Gasteiger partial charge in [-0.25, -0.2) is 0 Å². The van der Waals surface area contributed by atoms with Gasteiger partial charge in [0, 0.05) is 34.6 Å². The molecule has 0 aromatic heterocycles. The number of ether oxygens (including phenoxy) is 2. The lowest BCUT2D eigenvalue weighted by Gasteiger charge is -2.30. The topological polar surface area (TPSA) is 67.9 Å². The number of nitrogens with one attached hydrogen (secondary N) is 1. The van der Waals surface area contributed by atoms with Gasteiger partial charge in [-0.3, -0.25) is 9.59 Å². The number of nitrogens with zero attached hydrogens (tertiary/aromatic N) is 1. The number of hydrogen-bond acceptors (Lipinski definition) is 4. The average molecular weight is 507 g/mol. The van der Waals surface area contributed by atoms with Gasteiger partial charge in [0.25, 0.3) is 0 Å². The van der Waals surface area contributed by atoms with E-state index in [0.717, 1.165) is 31.4 Å². The predicted molar refractivity (Wildman–Crippen MR) is 135 cm³/mol. The molecule has 1 N–H and O–H groups in total. The van der Waals surface area contributed by atoms with Gasteiger partial charge in [0.15, 0.2) is 0 Å². The van der Waals surface area contributed by atoms with Crippen LogP contribution in [-0.2, 0) is 16.1 Å². The van der Waals surface area contributed by atoms with Crippen molar-refractivity contribution >= 4 is 35.0 Å². The van der Waals surface area contributed by atoms with E-state index in [9.17, 15) is 9.59 Å². The fourth-order valence-electron chi connectivity index (χ4n) is 4.06. The van der Waals surface area contributed by atoms with E-state index in [0.29, 0.717) is 34.4 Å². The van der Waals surface area contributed by atoms with Crippen LogP contribution in [0.1, 0.15) is 51.0 Å². The van der Waals surface area contributed by atoms with Crippen molar-refractivity contribution in [3.8, 4) is 11.5 Å². The molecule has 8 heteroatoms. The third-order valence-corrected chi connectivity index (χ3v) is 6.83. The van der Waals surface area contributed by atoms with Crippen LogP contribution in [0.4, 0.5) is 0 Å². The van der Waals surface area contributed by atoms with E-state index in [1.807, 2.05) is 24.3 Å². The molecule has 184 valence electrons. The predicted octanol–water partition coefficient (Wildman–Crippen LogP) is 5.64. The van der Waals surface area contributed by atoms with Crippen LogP contribution in [0.5, 0.6) is 11.5 Å². The van der Waals surface area contributed by atoms with Crippen molar-refractivity contribution in [2.45, 2.75) is 64.1 Å². The van der Waals surface area contributed by atoms with Crippen molar-refractivity contribution in [3.05, 3.63) is 58.1 Å². The van der Waals surface area contributed by atoms with E-state index >= 15 is 0 Å². The van der Waals surface area contributed by atoms with Crippen molar-refractivity contribution in [2.24, 2.45) is 0 Å². The highest BCUT2D eigenvalue weighted by molar-refractivity contribution is 6.36. The molecule has 0 aliphatic heterocycles. The lowest BCUT2D eigenvalue weighted by Crippen LogP contribution is -2.49. The van der Waals surface area contributed by atoms with Crippen molar-refractivity contribution in [3.63, 3.8) is 0 Å². The van der Waals surface area contributed by atoms with Gasteiger partial charge in [0.05, 0.1) is 13.7 Å². The van der Waals surface area contributed by atoms with E-state index in [1.165, 1.54) is 0 Å². The number of methoxy groups -OCH3 is 1. The van der Waals surface area contributed by atoms with Gasteiger partial charge in [-0.05, 0) is 62.6 Å². The summed E-state index contributed by atoms with van der Waals surface area (Å²) in [4.78, 5) is 27.8. The first-order valence-corrected chi connectivity index (χ1v) is 12.4. The summed E-state index contributed by atoms with van der Waals surface area (Å²) in [6, 6.07) is 12.0. The van der Waals surface area contributed by atoms with E-state index in [4.69, 9.17) is 32.7 Å². The van der Waals surface area contributed by atoms with E-state index < -0.39 is 6.04 Å². The number of carbonyl (C=O) groups excluding carboxylic acids is 2. The highest BCUT2D eigenvalue weighted by Crippen LogP contribution is 2.27. The maximum Gasteiger partial charge on any atom is 0.242 e. The molecule has 0 saturated heterocycles. The summed E-state index contributed by atoms with van der Waals surface area (Å²) in [7, 11) is 1.61. The third kappa shape index (κ3) is 7.28. The molecule has 34 heavy (non-hydrogen) atoms. The molecule has 2 aromatic carbocycles. The molecule has 1 atom stereocenters. The molecule has 1 aliphatic rings. The minimum absolute atomic E-state index is 0.150. The Morgan fingerprint density at radius 2 is 1.68 bits per heavy atom. The molecule has 1 fully saturated rings. The number of amides is 2. The lowest BCUT2D eigenvalue weighted by molar-refractivity contribution is -0.141. The maximum atomic E-state index is 13.2. The normalized spacial score (nSPS) is 14.5. The van der Waals surface area contributed by atoms with Gasteiger partial charge in [0.1, 0.15) is 17.5 Å². The number of carbonyl (C=O) groups is 2. The number of rotatable bonds is 11. The molecular weight excluding hydrogens is 475 g/mol. The Balaban J connectivity index is 1.63. The van der Waals surface area contributed by atoms with Gasteiger partial charge in [-0.15, -0.1) is 0 Å². The molecule has 1 aliphatic carbocycles. The van der Waals surface area contributed by atoms with Gasteiger partial charge in [-0.1, -0.05) is 42.1 Å². The Kier molecular flexibility index (Phi) is 9.90. The summed E-state index contributed by atoms with van der Waals surface area (Å²) < 4.78 is 10.9. The standard InChI is InChI=1S/C26H32Cl2N2O4/c1-18(26(32)29-19-7-3-4-8-19)30(17-22-23(27)9-5-10-24(22)28)25(31)11-6-16-34-21-14-12-20(33-2)13-15-21/h5,9-10,12-15,18-19H,3-4,6-8,11,16-17H2,1-2H3,(H,29,32)/t18-/m0/s1. The van der Waals surface area contributed by atoms with Crippen LogP contribution in [0.15, 0.2) is 42.5 Å². The Morgan fingerprint density at radius 3 is 2.29 bits per heavy atom. The maximum absolute atomic E-state index is 13.2. The highest BCUT2D eigenvalue weighted by atomic mass is 35.5. The van der Waals surface area contributed by atoms with E-state index in [1.54, 1.807) is 37.1 Å². The largest absolute Gasteiger partial charge is 0.497 e. The van der Waals surface area contributed by atoms with E-state index in [-0.39, 0.29) is 30.8 Å². The first-order valence-electron chi connectivity index (χ1n) is 11.7. The molecule has 0 heterocycles. The number of hydrogen-bond donors (Lipinski definition) is 1. The fraction of sp³-hybridized carbons (Fsp3) is 0.462. The molecule has 0 unspecified atom stereocenters. The van der Waals surface area contributed by atoms with Crippen molar-refractivity contribution in [1.29, 1.82) is 0 Å². The molecule has 3 rings (SSSR count). The first kappa shape index (κ1) is 26.2.